The molecule has 0 spiro atoms. The standard InChI is InChI=1S/C16H14FNO3/c17-12-4-1-3-11(15(12)18)16(19)10-5-6-13-14(9-10)21-8-2-7-20-13/h1,3-6,9H,2,7-8,18H2. The molecule has 0 unspecified atom stereocenters. The van der Waals surface area contributed by atoms with Crippen molar-refractivity contribution in [3.05, 3.63) is 53.3 Å². The molecule has 4 nitrogen and oxygen atoms in total. The number of halogens is 1. The molecule has 3 rings (SSSR count). The van der Waals surface area contributed by atoms with Gasteiger partial charge in [0.05, 0.1) is 18.9 Å². The third kappa shape index (κ3) is 2.54. The lowest BCUT2D eigenvalue weighted by molar-refractivity contribution is 0.103. The molecular weight excluding hydrogens is 273 g/mol. The molecule has 0 saturated carbocycles. The summed E-state index contributed by atoms with van der Waals surface area (Å²) in [5, 5.41) is 0. The molecule has 0 saturated heterocycles. The number of anilines is 1. The zero-order valence-corrected chi connectivity index (χ0v) is 11.3. The minimum absolute atomic E-state index is 0.143. The Morgan fingerprint density at radius 1 is 1.10 bits per heavy atom. The second kappa shape index (κ2) is 5.44. The molecule has 0 bridgehead atoms. The maximum atomic E-state index is 13.5. The minimum atomic E-state index is -0.602. The first kappa shape index (κ1) is 13.4. The number of nitrogens with two attached hydrogens (primary N) is 1. The SMILES string of the molecule is Nc1c(F)cccc1C(=O)c1ccc2c(c1)OCCCO2. The van der Waals surface area contributed by atoms with Gasteiger partial charge in [0.25, 0.3) is 0 Å². The Kier molecular flexibility index (Phi) is 3.48. The highest BCUT2D eigenvalue weighted by Crippen LogP contribution is 2.31. The predicted molar refractivity (Wildman–Crippen MR) is 76.3 cm³/mol. The van der Waals surface area contributed by atoms with E-state index in [1.54, 1.807) is 18.2 Å². The van der Waals surface area contributed by atoms with Crippen molar-refractivity contribution >= 4 is 11.5 Å². The van der Waals surface area contributed by atoms with Crippen LogP contribution in [0.5, 0.6) is 11.5 Å². The second-order valence-electron chi connectivity index (χ2n) is 4.74. The van der Waals surface area contributed by atoms with E-state index in [1.165, 1.54) is 18.2 Å². The normalized spacial score (nSPS) is 13.6. The zero-order valence-electron chi connectivity index (χ0n) is 11.3. The number of carbonyl (C=O) groups is 1. The monoisotopic (exact) mass is 287 g/mol. The van der Waals surface area contributed by atoms with E-state index >= 15 is 0 Å². The fourth-order valence-electron chi connectivity index (χ4n) is 2.20. The number of fused-ring (bicyclic) bond motifs is 1. The van der Waals surface area contributed by atoms with Crippen LogP contribution in [0.1, 0.15) is 22.3 Å². The topological polar surface area (TPSA) is 61.6 Å². The molecule has 0 aromatic heterocycles. The molecule has 2 aromatic carbocycles. The molecule has 1 aliphatic heterocycles. The summed E-state index contributed by atoms with van der Waals surface area (Å²) in [6.45, 7) is 1.11. The summed E-state index contributed by atoms with van der Waals surface area (Å²) in [5.41, 5.74) is 6.02. The summed E-state index contributed by atoms with van der Waals surface area (Å²) in [6.07, 6.45) is 0.787. The van der Waals surface area contributed by atoms with E-state index in [0.29, 0.717) is 30.3 Å². The number of ether oxygens (including phenoxy) is 2. The molecule has 0 radical (unpaired) electrons. The van der Waals surface area contributed by atoms with Crippen molar-refractivity contribution in [2.75, 3.05) is 18.9 Å². The number of carbonyl (C=O) groups excluding carboxylic acids is 1. The molecule has 0 amide bonds. The highest BCUT2D eigenvalue weighted by molar-refractivity contribution is 6.12. The number of nitrogen functional groups attached to an aromatic ring is 1. The van der Waals surface area contributed by atoms with E-state index in [-0.39, 0.29) is 17.0 Å². The van der Waals surface area contributed by atoms with Crippen LogP contribution >= 0.6 is 0 Å². The Bertz CT molecular complexity index is 700. The van der Waals surface area contributed by atoms with E-state index in [4.69, 9.17) is 15.2 Å². The number of hydrogen-bond donors (Lipinski definition) is 1. The van der Waals surface area contributed by atoms with Crippen molar-refractivity contribution in [1.82, 2.24) is 0 Å². The molecule has 1 heterocycles. The van der Waals surface area contributed by atoms with Gasteiger partial charge in [0, 0.05) is 17.5 Å². The highest BCUT2D eigenvalue weighted by atomic mass is 19.1. The van der Waals surface area contributed by atoms with E-state index in [2.05, 4.69) is 0 Å². The smallest absolute Gasteiger partial charge is 0.195 e. The van der Waals surface area contributed by atoms with Crippen molar-refractivity contribution in [3.63, 3.8) is 0 Å². The van der Waals surface area contributed by atoms with Crippen LogP contribution in [0.4, 0.5) is 10.1 Å². The second-order valence-corrected chi connectivity index (χ2v) is 4.74. The van der Waals surface area contributed by atoms with Crippen LogP contribution in [0, 0.1) is 5.82 Å². The lowest BCUT2D eigenvalue weighted by Gasteiger charge is -2.10. The third-order valence-electron chi connectivity index (χ3n) is 3.31. The van der Waals surface area contributed by atoms with Crippen molar-refractivity contribution in [2.24, 2.45) is 0 Å². The molecule has 0 fully saturated rings. The quantitative estimate of drug-likeness (QED) is 0.681. The molecule has 2 aromatic rings. The van der Waals surface area contributed by atoms with Crippen molar-refractivity contribution in [1.29, 1.82) is 0 Å². The van der Waals surface area contributed by atoms with Gasteiger partial charge in [-0.05, 0) is 30.3 Å². The van der Waals surface area contributed by atoms with E-state index in [9.17, 15) is 9.18 Å². The molecule has 0 atom stereocenters. The first-order chi connectivity index (χ1) is 10.2. The Balaban J connectivity index is 1.98. The predicted octanol–water partition coefficient (Wildman–Crippen LogP) is 2.80. The highest BCUT2D eigenvalue weighted by Gasteiger charge is 2.18. The van der Waals surface area contributed by atoms with Gasteiger partial charge in [-0.2, -0.15) is 0 Å². The molecule has 21 heavy (non-hydrogen) atoms. The third-order valence-corrected chi connectivity index (χ3v) is 3.31. The average Bonchev–Trinajstić information content (AvgIpc) is 2.74. The summed E-state index contributed by atoms with van der Waals surface area (Å²) >= 11 is 0. The average molecular weight is 287 g/mol. The van der Waals surface area contributed by atoms with Gasteiger partial charge >= 0.3 is 0 Å². The van der Waals surface area contributed by atoms with Crippen LogP contribution in [0.2, 0.25) is 0 Å². The molecule has 5 heteroatoms. The zero-order chi connectivity index (χ0) is 14.8. The maximum absolute atomic E-state index is 13.5. The number of para-hydroxylation sites is 1. The van der Waals surface area contributed by atoms with Gasteiger partial charge in [0.15, 0.2) is 17.3 Å². The van der Waals surface area contributed by atoms with Gasteiger partial charge in [-0.25, -0.2) is 4.39 Å². The number of ketones is 1. The molecule has 2 N–H and O–H groups in total. The van der Waals surface area contributed by atoms with Gasteiger partial charge < -0.3 is 15.2 Å². The van der Waals surface area contributed by atoms with Crippen LogP contribution in [0.15, 0.2) is 36.4 Å². The first-order valence-electron chi connectivity index (χ1n) is 6.65. The Morgan fingerprint density at radius 3 is 2.67 bits per heavy atom. The van der Waals surface area contributed by atoms with Crippen molar-refractivity contribution in [3.8, 4) is 11.5 Å². The molecular formula is C16H14FNO3. The van der Waals surface area contributed by atoms with Gasteiger partial charge in [0.1, 0.15) is 5.82 Å². The van der Waals surface area contributed by atoms with Crippen LogP contribution in [0.25, 0.3) is 0 Å². The Labute approximate surface area is 121 Å². The Hall–Kier alpha value is -2.56. The van der Waals surface area contributed by atoms with Gasteiger partial charge in [0.2, 0.25) is 0 Å². The summed E-state index contributed by atoms with van der Waals surface area (Å²) in [6, 6.07) is 9.10. The summed E-state index contributed by atoms with van der Waals surface area (Å²) in [7, 11) is 0. The van der Waals surface area contributed by atoms with Crippen LogP contribution < -0.4 is 15.2 Å². The van der Waals surface area contributed by atoms with Crippen LogP contribution in [-0.4, -0.2) is 19.0 Å². The van der Waals surface area contributed by atoms with Gasteiger partial charge in [-0.3, -0.25) is 4.79 Å². The number of hydrogen-bond acceptors (Lipinski definition) is 4. The summed E-state index contributed by atoms with van der Waals surface area (Å²) < 4.78 is 24.5. The van der Waals surface area contributed by atoms with Crippen LogP contribution in [0.3, 0.4) is 0 Å². The summed E-state index contributed by atoms with van der Waals surface area (Å²) in [4.78, 5) is 12.4. The largest absolute Gasteiger partial charge is 0.490 e. The number of benzene rings is 2. The molecule has 1 aliphatic rings. The van der Waals surface area contributed by atoms with Crippen molar-refractivity contribution < 1.29 is 18.7 Å². The molecule has 0 aliphatic carbocycles. The Morgan fingerprint density at radius 2 is 1.86 bits per heavy atom. The first-order valence-corrected chi connectivity index (χ1v) is 6.65. The lowest BCUT2D eigenvalue weighted by atomic mass is 10.0. The van der Waals surface area contributed by atoms with Crippen molar-refractivity contribution in [2.45, 2.75) is 6.42 Å². The fraction of sp³-hybridized carbons (Fsp3) is 0.188. The maximum Gasteiger partial charge on any atom is 0.195 e. The minimum Gasteiger partial charge on any atom is -0.490 e. The van der Waals surface area contributed by atoms with Gasteiger partial charge in [-0.15, -0.1) is 0 Å². The fourth-order valence-corrected chi connectivity index (χ4v) is 2.20. The lowest BCUT2D eigenvalue weighted by Crippen LogP contribution is -2.07. The summed E-state index contributed by atoms with van der Waals surface area (Å²) in [5.74, 6) is 0.183. The van der Waals surface area contributed by atoms with E-state index < -0.39 is 5.82 Å². The van der Waals surface area contributed by atoms with E-state index in [1.807, 2.05) is 0 Å². The number of rotatable bonds is 2. The molecule has 108 valence electrons. The van der Waals surface area contributed by atoms with Gasteiger partial charge in [-0.1, -0.05) is 6.07 Å². The van der Waals surface area contributed by atoms with E-state index in [0.717, 1.165) is 6.42 Å². The van der Waals surface area contributed by atoms with Crippen LogP contribution in [-0.2, 0) is 0 Å².